The standard InChI is InChI=1S/C10H17NO3/c1-7-5-9(13)11(10(14)6-7)4-3-8(2)12/h7-8,12H,3-6H2,1-2H3. The van der Waals surface area contributed by atoms with Crippen molar-refractivity contribution in [3.8, 4) is 0 Å². The van der Waals surface area contributed by atoms with E-state index in [9.17, 15) is 9.59 Å². The molecule has 0 bridgehead atoms. The van der Waals surface area contributed by atoms with E-state index in [1.807, 2.05) is 6.92 Å². The lowest BCUT2D eigenvalue weighted by Crippen LogP contribution is -2.43. The molecule has 0 radical (unpaired) electrons. The molecule has 0 aromatic carbocycles. The van der Waals surface area contributed by atoms with Crippen LogP contribution >= 0.6 is 0 Å². The summed E-state index contributed by atoms with van der Waals surface area (Å²) in [6.45, 7) is 3.91. The third-order valence-electron chi connectivity index (χ3n) is 2.42. The summed E-state index contributed by atoms with van der Waals surface area (Å²) in [6, 6.07) is 0. The van der Waals surface area contributed by atoms with Crippen LogP contribution in [0.5, 0.6) is 0 Å². The minimum atomic E-state index is -0.463. The first-order valence-electron chi connectivity index (χ1n) is 5.02. The van der Waals surface area contributed by atoms with Gasteiger partial charge in [-0.05, 0) is 19.3 Å². The van der Waals surface area contributed by atoms with Gasteiger partial charge in [0.15, 0.2) is 0 Å². The molecule has 1 unspecified atom stereocenters. The van der Waals surface area contributed by atoms with Crippen molar-refractivity contribution in [1.82, 2.24) is 4.90 Å². The predicted molar refractivity (Wildman–Crippen MR) is 51.4 cm³/mol. The number of likely N-dealkylation sites (tertiary alicyclic amines) is 1. The van der Waals surface area contributed by atoms with Crippen molar-refractivity contribution < 1.29 is 14.7 Å². The molecule has 2 amide bonds. The monoisotopic (exact) mass is 199 g/mol. The molecule has 0 saturated carbocycles. The van der Waals surface area contributed by atoms with Gasteiger partial charge in [0.05, 0.1) is 6.10 Å². The molecule has 80 valence electrons. The Morgan fingerprint density at radius 2 is 1.93 bits per heavy atom. The molecule has 1 aliphatic heterocycles. The van der Waals surface area contributed by atoms with Crippen LogP contribution in [-0.4, -0.2) is 34.5 Å². The summed E-state index contributed by atoms with van der Waals surface area (Å²) in [5.41, 5.74) is 0. The van der Waals surface area contributed by atoms with Gasteiger partial charge in [0.1, 0.15) is 0 Å². The number of rotatable bonds is 3. The average molecular weight is 199 g/mol. The summed E-state index contributed by atoms with van der Waals surface area (Å²) in [6.07, 6.45) is 0.901. The van der Waals surface area contributed by atoms with Crippen molar-refractivity contribution in [2.45, 2.75) is 39.2 Å². The van der Waals surface area contributed by atoms with Crippen LogP contribution in [0.15, 0.2) is 0 Å². The van der Waals surface area contributed by atoms with Gasteiger partial charge in [0, 0.05) is 19.4 Å². The first-order valence-corrected chi connectivity index (χ1v) is 5.02. The first kappa shape index (κ1) is 11.2. The maximum atomic E-state index is 11.5. The summed E-state index contributed by atoms with van der Waals surface area (Å²) in [7, 11) is 0. The SMILES string of the molecule is CC(O)CCN1C(=O)CC(C)CC1=O. The largest absolute Gasteiger partial charge is 0.393 e. The molecule has 0 aromatic rings. The molecule has 0 spiro atoms. The van der Waals surface area contributed by atoms with E-state index in [0.717, 1.165) is 0 Å². The lowest BCUT2D eigenvalue weighted by molar-refractivity contribution is -0.150. The van der Waals surface area contributed by atoms with E-state index in [-0.39, 0.29) is 17.7 Å². The van der Waals surface area contributed by atoms with Gasteiger partial charge in [-0.25, -0.2) is 0 Å². The Balaban J connectivity index is 2.50. The number of imide groups is 1. The van der Waals surface area contributed by atoms with Gasteiger partial charge in [-0.2, -0.15) is 0 Å². The highest BCUT2D eigenvalue weighted by molar-refractivity contribution is 5.97. The van der Waals surface area contributed by atoms with Crippen molar-refractivity contribution in [2.24, 2.45) is 5.92 Å². The molecule has 4 heteroatoms. The van der Waals surface area contributed by atoms with Gasteiger partial charge in [-0.3, -0.25) is 14.5 Å². The maximum absolute atomic E-state index is 11.5. The van der Waals surface area contributed by atoms with Crippen LogP contribution in [-0.2, 0) is 9.59 Å². The molecular weight excluding hydrogens is 182 g/mol. The summed E-state index contributed by atoms with van der Waals surface area (Å²) in [5.74, 6) is -0.0402. The minimum Gasteiger partial charge on any atom is -0.393 e. The van der Waals surface area contributed by atoms with E-state index in [1.165, 1.54) is 4.90 Å². The van der Waals surface area contributed by atoms with E-state index >= 15 is 0 Å². The van der Waals surface area contributed by atoms with Crippen LogP contribution < -0.4 is 0 Å². The zero-order valence-electron chi connectivity index (χ0n) is 8.69. The Labute approximate surface area is 83.9 Å². The maximum Gasteiger partial charge on any atom is 0.229 e. The lowest BCUT2D eigenvalue weighted by atomic mass is 9.97. The summed E-state index contributed by atoms with van der Waals surface area (Å²) < 4.78 is 0. The van der Waals surface area contributed by atoms with Gasteiger partial charge < -0.3 is 5.11 Å². The fraction of sp³-hybridized carbons (Fsp3) is 0.800. The number of nitrogens with zero attached hydrogens (tertiary/aromatic N) is 1. The zero-order chi connectivity index (χ0) is 10.7. The fourth-order valence-electron chi connectivity index (χ4n) is 1.59. The molecule has 0 aliphatic carbocycles. The van der Waals surface area contributed by atoms with Gasteiger partial charge in [0.25, 0.3) is 0 Å². The summed E-state index contributed by atoms with van der Waals surface area (Å²) >= 11 is 0. The van der Waals surface area contributed by atoms with Crippen molar-refractivity contribution in [3.63, 3.8) is 0 Å². The number of amides is 2. The van der Waals surface area contributed by atoms with E-state index < -0.39 is 6.10 Å². The second-order valence-electron chi connectivity index (χ2n) is 4.09. The van der Waals surface area contributed by atoms with E-state index in [0.29, 0.717) is 25.8 Å². The molecule has 4 nitrogen and oxygen atoms in total. The van der Waals surface area contributed by atoms with Gasteiger partial charge >= 0.3 is 0 Å². The Kier molecular flexibility index (Phi) is 3.63. The van der Waals surface area contributed by atoms with Gasteiger partial charge in [0.2, 0.25) is 11.8 Å². The fourth-order valence-corrected chi connectivity index (χ4v) is 1.59. The minimum absolute atomic E-state index is 0.102. The van der Waals surface area contributed by atoms with Gasteiger partial charge in [-0.15, -0.1) is 0 Å². The molecular formula is C10H17NO3. The normalized spacial score (nSPS) is 21.5. The van der Waals surface area contributed by atoms with Crippen molar-refractivity contribution in [1.29, 1.82) is 0 Å². The Morgan fingerprint density at radius 1 is 1.43 bits per heavy atom. The Morgan fingerprint density at radius 3 is 2.36 bits per heavy atom. The molecule has 1 saturated heterocycles. The second-order valence-corrected chi connectivity index (χ2v) is 4.09. The number of piperidine rings is 1. The topological polar surface area (TPSA) is 57.6 Å². The highest BCUT2D eigenvalue weighted by Crippen LogP contribution is 2.18. The van der Waals surface area contributed by atoms with Crippen LogP contribution in [0.3, 0.4) is 0 Å². The molecule has 1 aliphatic rings. The molecule has 1 atom stereocenters. The Bertz CT molecular complexity index is 220. The van der Waals surface area contributed by atoms with Crippen LogP contribution in [0.1, 0.15) is 33.1 Å². The number of carbonyl (C=O) groups excluding carboxylic acids is 2. The van der Waals surface area contributed by atoms with E-state index in [1.54, 1.807) is 6.92 Å². The molecule has 1 N–H and O–H groups in total. The van der Waals surface area contributed by atoms with Crippen molar-refractivity contribution >= 4 is 11.8 Å². The molecule has 1 fully saturated rings. The Hall–Kier alpha value is -0.900. The van der Waals surface area contributed by atoms with Crippen LogP contribution in [0.2, 0.25) is 0 Å². The van der Waals surface area contributed by atoms with Crippen LogP contribution in [0.25, 0.3) is 0 Å². The summed E-state index contributed by atoms with van der Waals surface area (Å²) in [5, 5.41) is 9.06. The number of hydrogen-bond donors (Lipinski definition) is 1. The number of aliphatic hydroxyl groups is 1. The lowest BCUT2D eigenvalue weighted by Gasteiger charge is -2.28. The first-order chi connectivity index (χ1) is 6.50. The average Bonchev–Trinajstić information content (AvgIpc) is 2.01. The summed E-state index contributed by atoms with van der Waals surface area (Å²) in [4.78, 5) is 24.2. The number of hydrogen-bond acceptors (Lipinski definition) is 3. The number of carbonyl (C=O) groups is 2. The molecule has 0 aromatic heterocycles. The van der Waals surface area contributed by atoms with Crippen LogP contribution in [0, 0.1) is 5.92 Å². The predicted octanol–water partition coefficient (Wildman–Crippen LogP) is 0.542. The molecule has 1 rings (SSSR count). The quantitative estimate of drug-likeness (QED) is 0.675. The van der Waals surface area contributed by atoms with Crippen LogP contribution in [0.4, 0.5) is 0 Å². The third kappa shape index (κ3) is 2.80. The molecule has 1 heterocycles. The number of aliphatic hydroxyl groups excluding tert-OH is 1. The highest BCUT2D eigenvalue weighted by Gasteiger charge is 2.29. The second kappa shape index (κ2) is 4.55. The highest BCUT2D eigenvalue weighted by atomic mass is 16.3. The van der Waals surface area contributed by atoms with E-state index in [2.05, 4.69) is 0 Å². The van der Waals surface area contributed by atoms with E-state index in [4.69, 9.17) is 5.11 Å². The van der Waals surface area contributed by atoms with Crippen molar-refractivity contribution in [2.75, 3.05) is 6.54 Å². The smallest absolute Gasteiger partial charge is 0.229 e. The third-order valence-corrected chi connectivity index (χ3v) is 2.42. The zero-order valence-corrected chi connectivity index (χ0v) is 8.69. The van der Waals surface area contributed by atoms with Gasteiger partial charge in [-0.1, -0.05) is 6.92 Å². The molecule has 14 heavy (non-hydrogen) atoms. The van der Waals surface area contributed by atoms with Crippen molar-refractivity contribution in [3.05, 3.63) is 0 Å².